The number of ether oxygens (including phenoxy) is 4. The Balaban J connectivity index is 5.46. The van der Waals surface area contributed by atoms with Crippen LogP contribution in [0.4, 0.5) is 0 Å². The monoisotopic (exact) mass is 1490 g/mol. The quantitative estimate of drug-likeness (QED) is 0.0169. The van der Waals surface area contributed by atoms with Gasteiger partial charge in [-0.15, -0.1) is 0 Å². The van der Waals surface area contributed by atoms with Gasteiger partial charge in [-0.3, -0.25) is 37.3 Å². The number of phosphoric ester groups is 2. The second-order valence-corrected chi connectivity index (χ2v) is 28.8. The first-order valence-electron chi connectivity index (χ1n) is 39.7. The lowest BCUT2D eigenvalue weighted by molar-refractivity contribution is -0.161. The van der Waals surface area contributed by atoms with Gasteiger partial charge in [0.2, 0.25) is 0 Å². The van der Waals surface area contributed by atoms with Crippen molar-refractivity contribution in [1.82, 2.24) is 0 Å². The highest BCUT2D eigenvalue weighted by Crippen LogP contribution is 2.45. The highest BCUT2D eigenvalue weighted by molar-refractivity contribution is 7.47. The van der Waals surface area contributed by atoms with Gasteiger partial charge >= 0.3 is 39.5 Å². The molecule has 0 saturated heterocycles. The van der Waals surface area contributed by atoms with Gasteiger partial charge in [-0.2, -0.15) is 0 Å². The standard InChI is InChI=1S/C85H140O17P2/c1-5-9-13-17-21-25-29-33-36-39-42-46-49-53-57-61-65-69-82(87)95-75-80(101-84(89)71-67-63-59-55-51-45-32-28-24-20-16-12-8-4)77-99-103(91,92)97-73-79(86)74-98-104(93,94)100-78-81(102-85(90)72-68-64-60-56-52-48-44-41-38-35-31-27-23-19-15-11-7-3)76-96-83(88)70-66-62-58-54-50-47-43-40-37-34-30-26-22-18-14-10-6-2/h9-11,13-15,21-23,25-27,33-38,42-44,46-48,54,58,79-81,86H,5-8,12,16-20,24,28-32,39-41,45,49-53,55-57,59-78H2,1-4H3,(H,91,92)(H,93,94)/b13-9-,14-10-,15-11-,25-21-,26-22-,27-23-,36-33-,37-34-,38-35-,46-42-,47-43-,48-44-,58-54-. The molecule has 5 unspecified atom stereocenters. The summed E-state index contributed by atoms with van der Waals surface area (Å²) in [5.74, 6) is -2.30. The highest BCUT2D eigenvalue weighted by atomic mass is 31.2. The van der Waals surface area contributed by atoms with E-state index in [2.05, 4.69) is 174 Å². The van der Waals surface area contributed by atoms with Crippen LogP contribution in [-0.2, 0) is 65.4 Å². The summed E-state index contributed by atoms with van der Waals surface area (Å²) < 4.78 is 68.5. The first-order chi connectivity index (χ1) is 50.7. The van der Waals surface area contributed by atoms with E-state index in [0.29, 0.717) is 32.1 Å². The summed E-state index contributed by atoms with van der Waals surface area (Å²) in [5, 5.41) is 10.6. The van der Waals surface area contributed by atoms with Crippen LogP contribution in [0.2, 0.25) is 0 Å². The van der Waals surface area contributed by atoms with Crippen LogP contribution in [0.5, 0.6) is 0 Å². The van der Waals surface area contributed by atoms with E-state index < -0.39 is 97.5 Å². The number of rotatable bonds is 73. The molecular weight excluding hydrogens is 1350 g/mol. The molecule has 0 radical (unpaired) electrons. The molecule has 592 valence electrons. The minimum atomic E-state index is -5.00. The van der Waals surface area contributed by atoms with Gasteiger partial charge in [-0.1, -0.05) is 288 Å². The zero-order valence-electron chi connectivity index (χ0n) is 64.6. The van der Waals surface area contributed by atoms with E-state index in [1.807, 2.05) is 12.2 Å². The van der Waals surface area contributed by atoms with Gasteiger partial charge in [0, 0.05) is 25.7 Å². The molecule has 0 rings (SSSR count). The van der Waals surface area contributed by atoms with Crippen molar-refractivity contribution >= 4 is 39.5 Å². The van der Waals surface area contributed by atoms with Gasteiger partial charge in [0.25, 0.3) is 0 Å². The third kappa shape index (κ3) is 74.9. The summed E-state index contributed by atoms with van der Waals surface area (Å²) in [7, 11) is -10.00. The number of hydrogen-bond donors (Lipinski definition) is 3. The molecule has 0 fully saturated rings. The first-order valence-corrected chi connectivity index (χ1v) is 42.7. The van der Waals surface area contributed by atoms with Crippen LogP contribution < -0.4 is 0 Å². The Morgan fingerprint density at radius 3 is 0.808 bits per heavy atom. The smallest absolute Gasteiger partial charge is 0.462 e. The van der Waals surface area contributed by atoms with Crippen LogP contribution in [0, 0.1) is 0 Å². The van der Waals surface area contributed by atoms with Gasteiger partial charge in [0.1, 0.15) is 19.3 Å². The molecule has 0 heterocycles. The number of carbonyl (C=O) groups excluding carboxylic acids is 4. The molecule has 0 bridgehead atoms. The molecule has 19 heteroatoms. The maximum Gasteiger partial charge on any atom is 0.472 e. The zero-order chi connectivity index (χ0) is 76.0. The Kier molecular flexibility index (Phi) is 72.0. The van der Waals surface area contributed by atoms with Crippen LogP contribution in [0.3, 0.4) is 0 Å². The highest BCUT2D eigenvalue weighted by Gasteiger charge is 2.30. The number of aliphatic hydroxyl groups is 1. The lowest BCUT2D eigenvalue weighted by Gasteiger charge is -2.21. The average molecular weight is 1500 g/mol. The molecule has 0 aliphatic heterocycles. The summed E-state index contributed by atoms with van der Waals surface area (Å²) >= 11 is 0. The Morgan fingerprint density at radius 1 is 0.279 bits per heavy atom. The normalized spacial score (nSPS) is 14.7. The van der Waals surface area contributed by atoms with E-state index in [0.717, 1.165) is 161 Å². The van der Waals surface area contributed by atoms with E-state index in [1.165, 1.54) is 51.4 Å². The van der Waals surface area contributed by atoms with Crippen molar-refractivity contribution in [2.45, 2.75) is 316 Å². The Morgan fingerprint density at radius 2 is 0.510 bits per heavy atom. The number of unbranched alkanes of at least 4 members (excludes halogenated alkanes) is 21. The third-order valence-corrected chi connectivity index (χ3v) is 17.9. The Bertz CT molecular complexity index is 2590. The summed E-state index contributed by atoms with van der Waals surface area (Å²) in [5.41, 5.74) is 0. The van der Waals surface area contributed by atoms with E-state index in [1.54, 1.807) is 0 Å². The molecule has 3 N–H and O–H groups in total. The maximum absolute atomic E-state index is 13.1. The lowest BCUT2D eigenvalue weighted by Crippen LogP contribution is -2.30. The average Bonchev–Trinajstić information content (AvgIpc) is 0.910. The number of esters is 4. The van der Waals surface area contributed by atoms with E-state index in [9.17, 15) is 43.2 Å². The largest absolute Gasteiger partial charge is 0.472 e. The van der Waals surface area contributed by atoms with Crippen LogP contribution in [0.1, 0.15) is 297 Å². The number of carbonyl (C=O) groups is 4. The van der Waals surface area contributed by atoms with Gasteiger partial charge in [0.15, 0.2) is 12.2 Å². The molecule has 0 saturated carbocycles. The number of hydrogen-bond acceptors (Lipinski definition) is 15. The SMILES string of the molecule is CC/C=C\C/C=C\C/C=C\C/C=C\C/C=C\CCCC(=O)OCC(COP(=O)(O)OCC(O)COP(=O)(O)OCC(COC(=O)CCCCCC/C=C\C/C=C\C/C=C\C/C=C\CC)OC(=O)CCCCCCCCCCCCCCC)OC(=O)CCCCCC/C=C\C/C=C\C/C=C\C/C=C\CC. The molecule has 104 heavy (non-hydrogen) atoms. The molecule has 0 aromatic rings. The minimum absolute atomic E-state index is 0.0493. The summed E-state index contributed by atoms with van der Waals surface area (Å²) in [6.45, 7) is 4.41. The van der Waals surface area contributed by atoms with Crippen molar-refractivity contribution in [2.24, 2.45) is 0 Å². The van der Waals surface area contributed by atoms with Crippen molar-refractivity contribution < 1.29 is 80.2 Å². The van der Waals surface area contributed by atoms with Crippen LogP contribution in [0.15, 0.2) is 158 Å². The van der Waals surface area contributed by atoms with Crippen molar-refractivity contribution in [3.63, 3.8) is 0 Å². The van der Waals surface area contributed by atoms with E-state index in [-0.39, 0.29) is 25.7 Å². The maximum atomic E-state index is 13.1. The summed E-state index contributed by atoms with van der Waals surface area (Å²) in [4.78, 5) is 73.0. The van der Waals surface area contributed by atoms with Crippen molar-refractivity contribution in [3.05, 3.63) is 158 Å². The zero-order valence-corrected chi connectivity index (χ0v) is 66.4. The van der Waals surface area contributed by atoms with Crippen LogP contribution in [-0.4, -0.2) is 96.7 Å². The van der Waals surface area contributed by atoms with Gasteiger partial charge < -0.3 is 33.8 Å². The number of phosphoric acid groups is 2. The fourth-order valence-electron chi connectivity index (χ4n) is 10.1. The lowest BCUT2D eigenvalue weighted by atomic mass is 10.0. The predicted octanol–water partition coefficient (Wildman–Crippen LogP) is 23.2. The Hall–Kier alpha value is -5.32. The molecule has 17 nitrogen and oxygen atoms in total. The van der Waals surface area contributed by atoms with E-state index in [4.69, 9.17) is 37.0 Å². The second-order valence-electron chi connectivity index (χ2n) is 25.9. The van der Waals surface area contributed by atoms with Crippen molar-refractivity contribution in [3.8, 4) is 0 Å². The van der Waals surface area contributed by atoms with E-state index >= 15 is 0 Å². The topological polar surface area (TPSA) is 237 Å². The third-order valence-electron chi connectivity index (χ3n) is 16.0. The molecular formula is C85H140O17P2. The summed E-state index contributed by atoms with van der Waals surface area (Å²) in [6, 6.07) is 0. The van der Waals surface area contributed by atoms with Crippen molar-refractivity contribution in [1.29, 1.82) is 0 Å². The first kappa shape index (κ1) is 98.7. The number of aliphatic hydroxyl groups excluding tert-OH is 1. The van der Waals surface area contributed by atoms with Crippen molar-refractivity contribution in [2.75, 3.05) is 39.6 Å². The number of allylic oxidation sites excluding steroid dienone is 26. The molecule has 0 amide bonds. The molecule has 5 atom stereocenters. The van der Waals surface area contributed by atoms with Gasteiger partial charge in [-0.25, -0.2) is 9.13 Å². The molecule has 0 aromatic heterocycles. The molecule has 0 aliphatic rings. The summed E-state index contributed by atoms with van der Waals surface area (Å²) in [6.07, 6.45) is 88.0. The second kappa shape index (κ2) is 75.9. The predicted molar refractivity (Wildman–Crippen MR) is 427 cm³/mol. The molecule has 0 spiro atoms. The fourth-order valence-corrected chi connectivity index (χ4v) is 11.6. The van der Waals surface area contributed by atoms with Crippen LogP contribution >= 0.6 is 15.6 Å². The van der Waals surface area contributed by atoms with Gasteiger partial charge in [-0.05, 0) is 141 Å². The fraction of sp³-hybridized carbons (Fsp3) is 0.647. The van der Waals surface area contributed by atoms with Crippen LogP contribution in [0.25, 0.3) is 0 Å². The molecule has 0 aromatic carbocycles. The molecule has 0 aliphatic carbocycles. The van der Waals surface area contributed by atoms with Gasteiger partial charge in [0.05, 0.1) is 26.4 Å². The minimum Gasteiger partial charge on any atom is -0.462 e. The Labute approximate surface area is 629 Å².